The van der Waals surface area contributed by atoms with Crippen molar-refractivity contribution >= 4 is 67.2 Å². The van der Waals surface area contributed by atoms with Crippen molar-refractivity contribution < 1.29 is 20.1 Å². The number of pyridine rings is 2. The summed E-state index contributed by atoms with van der Waals surface area (Å²) in [5, 5.41) is 39.2. The van der Waals surface area contributed by atoms with Gasteiger partial charge >= 0.3 is 11.4 Å². The van der Waals surface area contributed by atoms with E-state index >= 15 is 0 Å². The Balaban J connectivity index is 0.000000226. The number of thiol groups is 1. The fourth-order valence-corrected chi connectivity index (χ4v) is 5.33. The van der Waals surface area contributed by atoms with Crippen LogP contribution in [0, 0.1) is 20.2 Å². The lowest BCUT2D eigenvalue weighted by Gasteiger charge is -2.02. The van der Waals surface area contributed by atoms with Crippen molar-refractivity contribution in [2.75, 3.05) is 0 Å². The van der Waals surface area contributed by atoms with Crippen LogP contribution in [0.1, 0.15) is 11.1 Å². The van der Waals surface area contributed by atoms with E-state index in [-0.39, 0.29) is 29.6 Å². The Labute approximate surface area is 245 Å². The number of hydrogen-bond acceptors (Lipinski definition) is 12. The molecule has 0 aliphatic carbocycles. The van der Waals surface area contributed by atoms with Crippen molar-refractivity contribution in [3.05, 3.63) is 117 Å². The molecule has 0 spiro atoms. The molecule has 0 aliphatic rings. The Hall–Kier alpha value is -2.85. The number of rotatable bonds is 8. The molecule has 0 fully saturated rings. The summed E-state index contributed by atoms with van der Waals surface area (Å²) in [6.45, 7) is 0.109. The second-order valence-corrected chi connectivity index (χ2v) is 10.8. The zero-order valence-corrected chi connectivity index (χ0v) is 24.0. The van der Waals surface area contributed by atoms with Gasteiger partial charge in [0.2, 0.25) is 0 Å². The summed E-state index contributed by atoms with van der Waals surface area (Å²) in [4.78, 5) is 29.7. The van der Waals surface area contributed by atoms with Gasteiger partial charge in [-0.3, -0.25) is 20.2 Å². The minimum atomic E-state index is -0.516. The van der Waals surface area contributed by atoms with Gasteiger partial charge in [0.15, 0.2) is 10.1 Å². The zero-order chi connectivity index (χ0) is 28.6. The summed E-state index contributed by atoms with van der Waals surface area (Å²) in [5.41, 5.74) is 1.70. The molecule has 0 atom stereocenters. The third kappa shape index (κ3) is 11.4. The van der Waals surface area contributed by atoms with E-state index in [1.54, 1.807) is 6.07 Å². The first-order chi connectivity index (χ1) is 18.8. The molecule has 0 aliphatic heterocycles. The largest absolute Gasteiger partial charge is 0.392 e. The van der Waals surface area contributed by atoms with E-state index in [2.05, 4.69) is 22.6 Å². The number of nitro groups is 2. The molecule has 4 aromatic rings. The Morgan fingerprint density at radius 1 is 0.744 bits per heavy atom. The van der Waals surface area contributed by atoms with E-state index in [0.717, 1.165) is 31.9 Å². The van der Waals surface area contributed by atoms with E-state index in [1.807, 2.05) is 48.5 Å². The van der Waals surface area contributed by atoms with Gasteiger partial charge in [0.25, 0.3) is 0 Å². The van der Waals surface area contributed by atoms with Gasteiger partial charge in [-0.25, -0.2) is 9.97 Å². The van der Waals surface area contributed by atoms with Crippen molar-refractivity contribution in [2.45, 2.75) is 33.1 Å². The topological polar surface area (TPSA) is 153 Å². The number of nitrogens with zero attached hydrogens (tertiary/aromatic N) is 4. The second kappa shape index (κ2) is 17.7. The molecule has 10 nitrogen and oxygen atoms in total. The van der Waals surface area contributed by atoms with Gasteiger partial charge in [0.1, 0.15) is 0 Å². The van der Waals surface area contributed by atoms with Crippen LogP contribution in [0.2, 0.25) is 0 Å². The molecule has 0 unspecified atom stereocenters. The van der Waals surface area contributed by atoms with E-state index in [9.17, 15) is 20.2 Å². The number of hydrogen-bond donors (Lipinski definition) is 3. The Bertz CT molecular complexity index is 1350. The first-order valence-corrected chi connectivity index (χ1v) is 14.9. The molecule has 2 heterocycles. The van der Waals surface area contributed by atoms with E-state index in [0.29, 0.717) is 5.03 Å². The average molecular weight is 625 g/mol. The molecule has 2 N–H and O–H groups in total. The van der Waals surface area contributed by atoms with Crippen LogP contribution in [0.25, 0.3) is 0 Å². The van der Waals surface area contributed by atoms with Crippen LogP contribution < -0.4 is 0 Å². The van der Waals surface area contributed by atoms with Gasteiger partial charge in [0.05, 0.1) is 23.1 Å². The van der Waals surface area contributed by atoms with Gasteiger partial charge in [-0.05, 0) is 69.0 Å². The molecule has 39 heavy (non-hydrogen) atoms. The van der Waals surface area contributed by atoms with Crippen molar-refractivity contribution in [3.63, 3.8) is 0 Å². The summed E-state index contributed by atoms with van der Waals surface area (Å²) in [6.07, 6.45) is 2.99. The van der Waals surface area contributed by atoms with E-state index in [1.165, 1.54) is 52.2 Å². The minimum absolute atomic E-state index is 0.00377. The maximum Gasteiger partial charge on any atom is 0.302 e. The third-order valence-electron chi connectivity index (χ3n) is 4.41. The van der Waals surface area contributed by atoms with Crippen molar-refractivity contribution in [1.29, 1.82) is 0 Å². The minimum Gasteiger partial charge on any atom is -0.392 e. The highest BCUT2D eigenvalue weighted by Crippen LogP contribution is 2.40. The summed E-state index contributed by atoms with van der Waals surface area (Å²) in [6, 6.07) is 20.6. The molecular weight excluding hydrogens is 604 g/mol. The van der Waals surface area contributed by atoms with E-state index in [4.69, 9.17) is 20.9 Å². The lowest BCUT2D eigenvalue weighted by molar-refractivity contribution is -0.388. The fraction of sp³-hybridized carbons (Fsp3) is 0.0833. The normalized spacial score (nSPS) is 9.95. The number of halogens is 1. The highest BCUT2D eigenvalue weighted by molar-refractivity contribution is 8.76. The highest BCUT2D eigenvalue weighted by Gasteiger charge is 2.15. The zero-order valence-electron chi connectivity index (χ0n) is 19.9. The first kappa shape index (κ1) is 32.4. The molecule has 15 heteroatoms. The predicted molar refractivity (Wildman–Crippen MR) is 157 cm³/mol. The summed E-state index contributed by atoms with van der Waals surface area (Å²) in [5.74, 6) is 0. The number of aliphatic hydroxyl groups is 2. The maximum absolute atomic E-state index is 10.8. The van der Waals surface area contributed by atoms with Crippen LogP contribution in [-0.4, -0.2) is 30.0 Å². The molecule has 204 valence electrons. The lowest BCUT2D eigenvalue weighted by atomic mass is 10.2. The Morgan fingerprint density at radius 3 is 1.64 bits per heavy atom. The maximum atomic E-state index is 10.8. The van der Waals surface area contributed by atoms with Gasteiger partial charge in [-0.15, -0.1) is 12.6 Å². The third-order valence-corrected chi connectivity index (χ3v) is 7.93. The molecule has 2 aromatic carbocycles. The second-order valence-electron chi connectivity index (χ2n) is 7.04. The predicted octanol–water partition coefficient (Wildman–Crippen LogP) is 6.98. The standard InChI is InChI=1S/C12H10N2O3S2.C7H8OS.C5H3ClN2O2S/c15-8-9-3-5-10(6-4-9)18-19-12-11(14(16)17)2-1-7-13-12;8-5-6-1-3-7(9)4-2-6;6-11-5-4(8(9)10)2-1-3-7-5/h1-7,15H,8H2;1-4,8-9H,5H2;1-3H. The number of aromatic nitrogens is 2. The van der Waals surface area contributed by atoms with Crippen molar-refractivity contribution in [1.82, 2.24) is 9.97 Å². The van der Waals surface area contributed by atoms with Crippen molar-refractivity contribution in [3.8, 4) is 0 Å². The smallest absolute Gasteiger partial charge is 0.302 e. The highest BCUT2D eigenvalue weighted by atomic mass is 35.7. The number of aliphatic hydroxyl groups excluding tert-OH is 2. The first-order valence-electron chi connectivity index (χ1n) is 10.7. The quantitative estimate of drug-likeness (QED) is 0.0804. The van der Waals surface area contributed by atoms with Crippen LogP contribution >= 0.6 is 55.9 Å². The van der Waals surface area contributed by atoms with Crippen LogP contribution in [0.5, 0.6) is 0 Å². The molecule has 0 saturated heterocycles. The summed E-state index contributed by atoms with van der Waals surface area (Å²) < 4.78 is 0. The average Bonchev–Trinajstić information content (AvgIpc) is 2.97. The lowest BCUT2D eigenvalue weighted by Crippen LogP contribution is -1.91. The van der Waals surface area contributed by atoms with Gasteiger partial charge in [0, 0.05) is 45.3 Å². The summed E-state index contributed by atoms with van der Waals surface area (Å²) in [7, 11) is 8.70. The molecular formula is C24H21ClN4O6S4. The molecule has 0 saturated carbocycles. The van der Waals surface area contributed by atoms with Crippen LogP contribution in [0.3, 0.4) is 0 Å². The van der Waals surface area contributed by atoms with Crippen LogP contribution in [0.15, 0.2) is 105 Å². The van der Waals surface area contributed by atoms with Gasteiger partial charge in [-0.1, -0.05) is 35.1 Å². The van der Waals surface area contributed by atoms with Gasteiger partial charge in [-0.2, -0.15) is 0 Å². The monoisotopic (exact) mass is 624 g/mol. The number of benzene rings is 2. The Kier molecular flexibility index (Phi) is 14.7. The van der Waals surface area contributed by atoms with Gasteiger partial charge < -0.3 is 10.2 Å². The molecule has 4 rings (SSSR count). The molecule has 0 amide bonds. The Morgan fingerprint density at radius 2 is 1.21 bits per heavy atom. The SMILES string of the molecule is O=[N+]([O-])c1cccnc1SCl.O=[N+]([O-])c1cccnc1SSc1ccc(CO)cc1.OCc1ccc(S)cc1. The molecule has 0 bridgehead atoms. The van der Waals surface area contributed by atoms with E-state index < -0.39 is 9.85 Å². The molecule has 0 radical (unpaired) electrons. The van der Waals surface area contributed by atoms with Crippen LogP contribution in [0.4, 0.5) is 11.4 Å². The van der Waals surface area contributed by atoms with Crippen molar-refractivity contribution in [2.24, 2.45) is 0 Å². The molecule has 2 aromatic heterocycles. The fourth-order valence-electron chi connectivity index (χ4n) is 2.51. The summed E-state index contributed by atoms with van der Waals surface area (Å²) >= 11 is 4.09. The van der Waals surface area contributed by atoms with Crippen LogP contribution in [-0.2, 0) is 13.2 Å².